The molecule has 3 atom stereocenters. The van der Waals surface area contributed by atoms with Crippen LogP contribution in [0.4, 0.5) is 0 Å². The van der Waals surface area contributed by atoms with Crippen LogP contribution in [0, 0.1) is 17.8 Å². The third-order valence-corrected chi connectivity index (χ3v) is 5.59. The first-order valence-electron chi connectivity index (χ1n) is 8.29. The van der Waals surface area contributed by atoms with E-state index in [0.717, 1.165) is 0 Å². The minimum atomic E-state index is -1.56. The number of benzene rings is 1. The number of carboxylic acids is 1. The zero-order chi connectivity index (χ0) is 18.7. The number of aliphatic hydroxyl groups excluding tert-OH is 2. The number of hydrogen-bond acceptors (Lipinski definition) is 6. The molecule has 1 aromatic carbocycles. The molecule has 3 unspecified atom stereocenters. The van der Waals surface area contributed by atoms with Gasteiger partial charge in [0.05, 0.1) is 11.5 Å². The Labute approximate surface area is 147 Å². The van der Waals surface area contributed by atoms with Crippen molar-refractivity contribution in [1.82, 2.24) is 0 Å². The van der Waals surface area contributed by atoms with Gasteiger partial charge in [0, 0.05) is 12.0 Å². The molecule has 0 aliphatic heterocycles. The molecule has 3 aliphatic rings. The highest BCUT2D eigenvalue weighted by Crippen LogP contribution is 2.49. The van der Waals surface area contributed by atoms with Crippen LogP contribution in [-0.2, 0) is 20.8 Å². The standard InChI is InChI=1S/C19H16O7/c20-10-3-1-2-7-4-8-5-9-6-11(21)15(19(25)26)18(24)14(9)17(23)13(8)16(22)12(7)10/h1-3,8-9,14,20,22,24H,4-6H2,(H,25,26). The topological polar surface area (TPSA) is 132 Å². The summed E-state index contributed by atoms with van der Waals surface area (Å²) in [6.45, 7) is 0. The number of phenolic OH excluding ortho intramolecular Hbond substituents is 1. The Bertz CT molecular complexity index is 937. The predicted octanol–water partition coefficient (Wildman–Crippen LogP) is 1.91. The molecule has 7 heteroatoms. The van der Waals surface area contributed by atoms with Gasteiger partial charge in [0.1, 0.15) is 22.8 Å². The van der Waals surface area contributed by atoms with Crippen molar-refractivity contribution in [1.29, 1.82) is 0 Å². The van der Waals surface area contributed by atoms with E-state index in [0.29, 0.717) is 18.4 Å². The molecule has 0 spiro atoms. The number of aliphatic hydroxyl groups is 2. The van der Waals surface area contributed by atoms with Crippen molar-refractivity contribution in [2.45, 2.75) is 19.3 Å². The molecule has 0 radical (unpaired) electrons. The lowest BCUT2D eigenvalue weighted by molar-refractivity contribution is -0.136. The molecule has 0 saturated heterocycles. The first-order chi connectivity index (χ1) is 12.3. The summed E-state index contributed by atoms with van der Waals surface area (Å²) in [7, 11) is 0. The molecule has 4 rings (SSSR count). The molecular weight excluding hydrogens is 340 g/mol. The number of carbonyl (C=O) groups is 3. The second-order valence-electron chi connectivity index (χ2n) is 7.00. The van der Waals surface area contributed by atoms with E-state index >= 15 is 0 Å². The largest absolute Gasteiger partial charge is 0.510 e. The number of fused-ring (bicyclic) bond motifs is 3. The van der Waals surface area contributed by atoms with E-state index in [9.17, 15) is 29.7 Å². The van der Waals surface area contributed by atoms with Gasteiger partial charge in [-0.3, -0.25) is 9.59 Å². The van der Waals surface area contributed by atoms with Gasteiger partial charge < -0.3 is 20.4 Å². The number of ketones is 2. The Balaban J connectivity index is 1.87. The molecule has 1 fully saturated rings. The lowest BCUT2D eigenvalue weighted by atomic mass is 9.62. The van der Waals surface area contributed by atoms with Gasteiger partial charge in [0.15, 0.2) is 11.6 Å². The van der Waals surface area contributed by atoms with Crippen molar-refractivity contribution in [3.8, 4) is 5.75 Å². The van der Waals surface area contributed by atoms with Crippen LogP contribution in [0.5, 0.6) is 5.75 Å². The Kier molecular flexibility index (Phi) is 3.44. The highest BCUT2D eigenvalue weighted by molar-refractivity contribution is 6.19. The Morgan fingerprint density at radius 1 is 1.08 bits per heavy atom. The van der Waals surface area contributed by atoms with Crippen LogP contribution >= 0.6 is 0 Å². The van der Waals surface area contributed by atoms with Gasteiger partial charge in [-0.15, -0.1) is 0 Å². The van der Waals surface area contributed by atoms with E-state index in [1.165, 1.54) is 6.07 Å². The van der Waals surface area contributed by atoms with Gasteiger partial charge >= 0.3 is 5.97 Å². The van der Waals surface area contributed by atoms with Crippen molar-refractivity contribution in [2.24, 2.45) is 17.8 Å². The third kappa shape index (κ3) is 2.09. The van der Waals surface area contributed by atoms with Crippen molar-refractivity contribution in [2.75, 3.05) is 0 Å². The summed E-state index contributed by atoms with van der Waals surface area (Å²) in [4.78, 5) is 36.4. The lowest BCUT2D eigenvalue weighted by Gasteiger charge is -2.40. The number of rotatable bonds is 1. The SMILES string of the molecule is O=C(O)C1=C(O)C2C(=O)C3=C(O)c4c(O)cccc4CC3CC2CC1=O. The number of carbonyl (C=O) groups excluding carboxylic acids is 2. The summed E-state index contributed by atoms with van der Waals surface area (Å²) in [5, 5.41) is 40.1. The monoisotopic (exact) mass is 356 g/mol. The minimum absolute atomic E-state index is 0.0888. The first kappa shape index (κ1) is 16.4. The molecule has 0 bridgehead atoms. The number of phenols is 1. The average molecular weight is 356 g/mol. The number of carboxylic acid groups (broad SMARTS) is 1. The highest BCUT2D eigenvalue weighted by Gasteiger charge is 2.50. The van der Waals surface area contributed by atoms with Crippen LogP contribution in [0.2, 0.25) is 0 Å². The molecule has 0 amide bonds. The van der Waals surface area contributed by atoms with Crippen molar-refractivity contribution in [3.63, 3.8) is 0 Å². The average Bonchev–Trinajstić information content (AvgIpc) is 2.53. The molecule has 0 aromatic heterocycles. The molecule has 1 aromatic rings. The first-order valence-corrected chi connectivity index (χ1v) is 8.29. The predicted molar refractivity (Wildman–Crippen MR) is 88.4 cm³/mol. The maximum absolute atomic E-state index is 13.0. The maximum Gasteiger partial charge on any atom is 0.342 e. The van der Waals surface area contributed by atoms with Crippen molar-refractivity contribution >= 4 is 23.3 Å². The van der Waals surface area contributed by atoms with Gasteiger partial charge in [0.2, 0.25) is 0 Å². The summed E-state index contributed by atoms with van der Waals surface area (Å²) in [6, 6.07) is 4.81. The Morgan fingerprint density at radius 2 is 1.81 bits per heavy atom. The zero-order valence-electron chi connectivity index (χ0n) is 13.6. The molecule has 26 heavy (non-hydrogen) atoms. The van der Waals surface area contributed by atoms with Crippen LogP contribution in [0.25, 0.3) is 5.76 Å². The fraction of sp³-hybridized carbons (Fsp3) is 0.316. The number of hydrogen-bond donors (Lipinski definition) is 4. The van der Waals surface area contributed by atoms with E-state index in [1.807, 2.05) is 0 Å². The van der Waals surface area contributed by atoms with Crippen LogP contribution in [0.15, 0.2) is 35.1 Å². The summed E-state index contributed by atoms with van der Waals surface area (Å²) < 4.78 is 0. The van der Waals surface area contributed by atoms with Gasteiger partial charge in [-0.05, 0) is 36.3 Å². The second-order valence-corrected chi connectivity index (χ2v) is 7.00. The third-order valence-electron chi connectivity index (χ3n) is 5.59. The molecular formula is C19H16O7. The quantitative estimate of drug-likeness (QED) is 0.565. The number of Topliss-reactive ketones (excluding diaryl/α,β-unsaturated/α-hetero) is 2. The van der Waals surface area contributed by atoms with Gasteiger partial charge in [-0.2, -0.15) is 0 Å². The van der Waals surface area contributed by atoms with Gasteiger partial charge in [-0.25, -0.2) is 4.79 Å². The molecule has 3 aliphatic carbocycles. The second kappa shape index (κ2) is 5.45. The lowest BCUT2D eigenvalue weighted by Crippen LogP contribution is -2.43. The smallest absolute Gasteiger partial charge is 0.342 e. The fourth-order valence-corrected chi connectivity index (χ4v) is 4.54. The van der Waals surface area contributed by atoms with Crippen LogP contribution in [-0.4, -0.2) is 38.0 Å². The van der Waals surface area contributed by atoms with Crippen LogP contribution in [0.3, 0.4) is 0 Å². The van der Waals surface area contributed by atoms with E-state index in [2.05, 4.69) is 0 Å². The van der Waals surface area contributed by atoms with Gasteiger partial charge in [0.25, 0.3) is 0 Å². The summed E-state index contributed by atoms with van der Waals surface area (Å²) in [5.74, 6) is -6.04. The Hall–Kier alpha value is -3.09. The highest BCUT2D eigenvalue weighted by atomic mass is 16.4. The van der Waals surface area contributed by atoms with E-state index in [-0.39, 0.29) is 35.0 Å². The minimum Gasteiger partial charge on any atom is -0.510 e. The summed E-state index contributed by atoms with van der Waals surface area (Å²) in [5.41, 5.74) is 0.234. The molecule has 0 heterocycles. The molecule has 134 valence electrons. The molecule has 1 saturated carbocycles. The van der Waals surface area contributed by atoms with Crippen LogP contribution in [0.1, 0.15) is 24.0 Å². The van der Waals surface area contributed by atoms with Gasteiger partial charge in [-0.1, -0.05) is 12.1 Å². The summed E-state index contributed by atoms with van der Waals surface area (Å²) in [6.07, 6.45) is 0.662. The van der Waals surface area contributed by atoms with Crippen molar-refractivity contribution in [3.05, 3.63) is 46.2 Å². The number of allylic oxidation sites excluding steroid dienone is 2. The number of aliphatic carboxylic acids is 1. The fourth-order valence-electron chi connectivity index (χ4n) is 4.54. The molecule has 4 N–H and O–H groups in total. The van der Waals surface area contributed by atoms with E-state index in [1.54, 1.807) is 12.1 Å². The Morgan fingerprint density at radius 3 is 2.50 bits per heavy atom. The van der Waals surface area contributed by atoms with E-state index < -0.39 is 40.7 Å². The maximum atomic E-state index is 13.0. The zero-order valence-corrected chi connectivity index (χ0v) is 13.6. The normalized spacial score (nSPS) is 27.8. The molecule has 7 nitrogen and oxygen atoms in total. The van der Waals surface area contributed by atoms with E-state index in [4.69, 9.17) is 5.11 Å². The van der Waals surface area contributed by atoms with Crippen LogP contribution < -0.4 is 0 Å². The number of aromatic hydroxyl groups is 1. The summed E-state index contributed by atoms with van der Waals surface area (Å²) >= 11 is 0. The van der Waals surface area contributed by atoms with Crippen molar-refractivity contribution < 1.29 is 34.8 Å².